The average molecular weight is 514 g/mol. The van der Waals surface area contributed by atoms with Crippen molar-refractivity contribution in [2.24, 2.45) is 0 Å². The number of aliphatic hydroxyl groups excluding tert-OH is 1. The van der Waals surface area contributed by atoms with Gasteiger partial charge in [-0.1, -0.05) is 18.2 Å². The van der Waals surface area contributed by atoms with Crippen LogP contribution in [-0.2, 0) is 9.59 Å². The topological polar surface area (TPSA) is 114 Å². The Kier molecular flexibility index (Phi) is 6.28. The summed E-state index contributed by atoms with van der Waals surface area (Å²) in [5.74, 6) is -0.722. The minimum absolute atomic E-state index is 0.115. The van der Waals surface area contributed by atoms with Crippen LogP contribution in [0.15, 0.2) is 60.2 Å². The lowest BCUT2D eigenvalue weighted by Gasteiger charge is -2.23. The van der Waals surface area contributed by atoms with E-state index in [1.807, 2.05) is 26.0 Å². The van der Waals surface area contributed by atoms with Gasteiger partial charge in [0.05, 0.1) is 44.0 Å². The Bertz CT molecular complexity index is 1540. The highest BCUT2D eigenvalue weighted by molar-refractivity contribution is 6.51. The third-order valence-electron chi connectivity index (χ3n) is 6.85. The SMILES string of the molecule is COc1ccc(C2/C(=C(\O)c3c(OC)cccc3OC)C(=O)C(=O)N2c2nc3cc(C)c(C)cc3[nH]2)cc1. The number of carbonyl (C=O) groups is 2. The number of nitrogens with zero attached hydrogens (tertiary/aromatic N) is 2. The highest BCUT2D eigenvalue weighted by Gasteiger charge is 2.48. The first kappa shape index (κ1) is 24.9. The molecule has 38 heavy (non-hydrogen) atoms. The van der Waals surface area contributed by atoms with Gasteiger partial charge < -0.3 is 24.3 Å². The van der Waals surface area contributed by atoms with Gasteiger partial charge in [0, 0.05) is 0 Å². The van der Waals surface area contributed by atoms with E-state index in [2.05, 4.69) is 9.97 Å². The first-order chi connectivity index (χ1) is 18.3. The first-order valence-electron chi connectivity index (χ1n) is 11.9. The number of amides is 1. The maximum absolute atomic E-state index is 13.6. The summed E-state index contributed by atoms with van der Waals surface area (Å²) in [5, 5.41) is 11.6. The molecule has 2 N–H and O–H groups in total. The number of ether oxygens (including phenoxy) is 3. The van der Waals surface area contributed by atoms with Crippen LogP contribution < -0.4 is 19.1 Å². The number of nitrogens with one attached hydrogen (secondary N) is 1. The fourth-order valence-corrected chi connectivity index (χ4v) is 4.74. The summed E-state index contributed by atoms with van der Waals surface area (Å²) < 4.78 is 16.2. The molecule has 0 radical (unpaired) electrons. The zero-order chi connectivity index (χ0) is 27.1. The van der Waals surface area contributed by atoms with Crippen molar-refractivity contribution in [3.05, 3.63) is 82.4 Å². The van der Waals surface area contributed by atoms with E-state index in [4.69, 9.17) is 14.2 Å². The van der Waals surface area contributed by atoms with E-state index in [9.17, 15) is 14.7 Å². The quantitative estimate of drug-likeness (QED) is 0.216. The molecule has 0 aliphatic carbocycles. The fraction of sp³-hybridized carbons (Fsp3) is 0.207. The average Bonchev–Trinajstić information content (AvgIpc) is 3.45. The van der Waals surface area contributed by atoms with Crippen LogP contribution in [0.5, 0.6) is 17.2 Å². The smallest absolute Gasteiger partial charge is 0.302 e. The minimum atomic E-state index is -0.988. The van der Waals surface area contributed by atoms with Gasteiger partial charge in [0.2, 0.25) is 5.95 Å². The number of rotatable bonds is 6. The van der Waals surface area contributed by atoms with E-state index in [0.29, 0.717) is 16.8 Å². The molecule has 9 nitrogen and oxygen atoms in total. The van der Waals surface area contributed by atoms with Crippen molar-refractivity contribution < 1.29 is 28.9 Å². The Hall–Kier alpha value is -4.79. The first-order valence-corrected chi connectivity index (χ1v) is 11.9. The number of imidazole rings is 1. The number of H-pyrrole nitrogens is 1. The molecule has 0 saturated carbocycles. The second-order valence-corrected chi connectivity index (χ2v) is 8.99. The molecule has 5 rings (SSSR count). The Balaban J connectivity index is 1.77. The summed E-state index contributed by atoms with van der Waals surface area (Å²) in [4.78, 5) is 36.2. The molecule has 9 heteroatoms. The highest BCUT2D eigenvalue weighted by atomic mass is 16.5. The van der Waals surface area contributed by atoms with Gasteiger partial charge in [-0.3, -0.25) is 14.5 Å². The van der Waals surface area contributed by atoms with Crippen molar-refractivity contribution in [1.82, 2.24) is 9.97 Å². The van der Waals surface area contributed by atoms with Crippen LogP contribution >= 0.6 is 0 Å². The number of methoxy groups -OCH3 is 3. The van der Waals surface area contributed by atoms with Gasteiger partial charge in [0.1, 0.15) is 28.6 Å². The predicted octanol–water partition coefficient (Wildman–Crippen LogP) is 4.83. The van der Waals surface area contributed by atoms with Gasteiger partial charge in [0.25, 0.3) is 5.78 Å². The van der Waals surface area contributed by atoms with Crippen LogP contribution in [0.1, 0.15) is 28.3 Å². The molecule has 194 valence electrons. The number of aromatic amines is 1. The number of ketones is 1. The van der Waals surface area contributed by atoms with Crippen LogP contribution in [0.25, 0.3) is 16.8 Å². The van der Waals surface area contributed by atoms with E-state index in [0.717, 1.165) is 16.6 Å². The Morgan fingerprint density at radius 2 is 1.55 bits per heavy atom. The molecule has 1 unspecified atom stereocenters. The van der Waals surface area contributed by atoms with Crippen molar-refractivity contribution in [2.75, 3.05) is 26.2 Å². The Labute approximate surface area is 219 Å². The molecule has 1 aromatic heterocycles. The van der Waals surface area contributed by atoms with E-state index >= 15 is 0 Å². The van der Waals surface area contributed by atoms with Crippen LogP contribution in [0.2, 0.25) is 0 Å². The number of Topliss-reactive ketones (excluding diaryl/α,β-unsaturated/α-hetero) is 1. The predicted molar refractivity (Wildman–Crippen MR) is 143 cm³/mol. The van der Waals surface area contributed by atoms with Crippen LogP contribution in [-0.4, -0.2) is 48.1 Å². The van der Waals surface area contributed by atoms with Crippen molar-refractivity contribution in [1.29, 1.82) is 0 Å². The molecule has 1 atom stereocenters. The van der Waals surface area contributed by atoms with Gasteiger partial charge in [-0.15, -0.1) is 0 Å². The monoisotopic (exact) mass is 513 g/mol. The lowest BCUT2D eigenvalue weighted by Crippen LogP contribution is -2.30. The maximum atomic E-state index is 13.6. The number of fused-ring (bicyclic) bond motifs is 1. The number of aliphatic hydroxyl groups is 1. The van der Waals surface area contributed by atoms with Crippen molar-refractivity contribution in [2.45, 2.75) is 19.9 Å². The van der Waals surface area contributed by atoms with Gasteiger partial charge in [-0.25, -0.2) is 4.98 Å². The van der Waals surface area contributed by atoms with E-state index in [1.165, 1.54) is 19.1 Å². The molecule has 1 aliphatic heterocycles. The van der Waals surface area contributed by atoms with Crippen molar-refractivity contribution in [3.8, 4) is 17.2 Å². The summed E-state index contributed by atoms with van der Waals surface area (Å²) in [6.07, 6.45) is 0. The second-order valence-electron chi connectivity index (χ2n) is 8.99. The second kappa shape index (κ2) is 9.59. The number of hydrogen-bond donors (Lipinski definition) is 2. The third kappa shape index (κ3) is 3.92. The summed E-state index contributed by atoms with van der Waals surface area (Å²) in [6.45, 7) is 3.97. The van der Waals surface area contributed by atoms with E-state index in [1.54, 1.807) is 49.6 Å². The Morgan fingerprint density at radius 3 is 2.16 bits per heavy atom. The lowest BCUT2D eigenvalue weighted by molar-refractivity contribution is -0.132. The molecule has 1 amide bonds. The number of aromatic nitrogens is 2. The molecule has 4 aromatic rings. The standard InChI is InChI=1S/C29H27N3O6/c1-15-13-19-20(14-16(15)2)31-29(30-19)32-25(17-9-11-18(36-3)12-10-17)24(27(34)28(32)35)26(33)23-21(37-4)7-6-8-22(23)38-5/h6-14,25,33H,1-5H3,(H,30,31)/b26-24+. The molecule has 1 fully saturated rings. The summed E-state index contributed by atoms with van der Waals surface area (Å²) in [5.41, 5.74) is 4.13. The molecular formula is C29H27N3O6. The zero-order valence-corrected chi connectivity index (χ0v) is 21.7. The molecule has 2 heterocycles. The molecule has 0 bridgehead atoms. The van der Waals surface area contributed by atoms with Gasteiger partial charge in [-0.05, 0) is 66.9 Å². The van der Waals surface area contributed by atoms with Gasteiger partial charge in [0.15, 0.2) is 0 Å². The van der Waals surface area contributed by atoms with Gasteiger partial charge in [-0.2, -0.15) is 0 Å². The van der Waals surface area contributed by atoms with Crippen LogP contribution in [0.3, 0.4) is 0 Å². The number of benzene rings is 3. The van der Waals surface area contributed by atoms with E-state index < -0.39 is 23.5 Å². The summed E-state index contributed by atoms with van der Waals surface area (Å²) in [7, 11) is 4.44. The van der Waals surface area contributed by atoms with Crippen LogP contribution in [0, 0.1) is 13.8 Å². The number of carbonyl (C=O) groups excluding carboxylic acids is 2. The van der Waals surface area contributed by atoms with E-state index in [-0.39, 0.29) is 28.6 Å². The molecular weight excluding hydrogens is 486 g/mol. The summed E-state index contributed by atoms with van der Waals surface area (Å²) in [6, 6.07) is 14.8. The largest absolute Gasteiger partial charge is 0.506 e. The maximum Gasteiger partial charge on any atom is 0.302 e. The fourth-order valence-electron chi connectivity index (χ4n) is 4.74. The van der Waals surface area contributed by atoms with Crippen molar-refractivity contribution >= 4 is 34.4 Å². The highest BCUT2D eigenvalue weighted by Crippen LogP contribution is 2.45. The number of aryl methyl sites for hydroxylation is 2. The molecule has 1 aliphatic rings. The third-order valence-corrected chi connectivity index (χ3v) is 6.85. The number of anilines is 1. The normalized spacial score (nSPS) is 16.8. The van der Waals surface area contributed by atoms with Crippen molar-refractivity contribution in [3.63, 3.8) is 0 Å². The summed E-state index contributed by atoms with van der Waals surface area (Å²) >= 11 is 0. The Morgan fingerprint density at radius 1 is 0.921 bits per heavy atom. The van der Waals surface area contributed by atoms with Crippen LogP contribution in [0.4, 0.5) is 5.95 Å². The van der Waals surface area contributed by atoms with Gasteiger partial charge >= 0.3 is 5.91 Å². The molecule has 3 aromatic carbocycles. The zero-order valence-electron chi connectivity index (χ0n) is 21.7. The molecule has 1 saturated heterocycles. The number of hydrogen-bond acceptors (Lipinski definition) is 7. The lowest BCUT2D eigenvalue weighted by atomic mass is 9.94. The minimum Gasteiger partial charge on any atom is -0.506 e. The molecule has 0 spiro atoms.